The molecule has 1 heterocycles. The monoisotopic (exact) mass is 354 g/mol. The van der Waals surface area contributed by atoms with E-state index in [0.717, 1.165) is 32.9 Å². The van der Waals surface area contributed by atoms with Crippen LogP contribution in [0.1, 0.15) is 0 Å². The van der Waals surface area contributed by atoms with E-state index in [1.54, 1.807) is 12.1 Å². The second-order valence-electron chi connectivity index (χ2n) is 6.04. The number of para-hydroxylation sites is 2. The van der Waals surface area contributed by atoms with Gasteiger partial charge in [0.2, 0.25) is 11.0 Å². The van der Waals surface area contributed by atoms with Crippen LogP contribution in [0.3, 0.4) is 0 Å². The Morgan fingerprint density at radius 1 is 0.731 bits per heavy atom. The Kier molecular flexibility index (Phi) is 3.80. The van der Waals surface area contributed by atoms with Crippen molar-refractivity contribution in [3.63, 3.8) is 0 Å². The van der Waals surface area contributed by atoms with Crippen molar-refractivity contribution >= 4 is 21.8 Å². The number of aromatic nitrogens is 1. The zero-order valence-electron chi connectivity index (χ0n) is 13.9. The van der Waals surface area contributed by atoms with E-state index in [2.05, 4.69) is 9.30 Å². The highest BCUT2D eigenvalue weighted by Gasteiger charge is 2.31. The zero-order chi connectivity index (χ0) is 18.3. The zero-order valence-corrected chi connectivity index (χ0v) is 13.9. The van der Waals surface area contributed by atoms with Crippen LogP contribution in [0.5, 0.6) is 5.75 Å². The van der Waals surface area contributed by atoms with Crippen LogP contribution in [0.15, 0.2) is 72.8 Å². The molecule has 4 aromatic rings. The summed E-state index contributed by atoms with van der Waals surface area (Å²) in [6, 6.07) is 22.0. The largest absolute Gasteiger partial charge is 0.573 e. The molecule has 0 aliphatic heterocycles. The molecule has 0 saturated heterocycles. The first-order valence-corrected chi connectivity index (χ1v) is 8.10. The average molecular weight is 354 g/mol. The van der Waals surface area contributed by atoms with Gasteiger partial charge in [-0.05, 0) is 29.8 Å². The minimum absolute atomic E-state index is 0.226. The summed E-state index contributed by atoms with van der Waals surface area (Å²) in [5.41, 5.74) is 3.94. The quantitative estimate of drug-likeness (QED) is 0.348. The van der Waals surface area contributed by atoms with Crippen LogP contribution >= 0.6 is 0 Å². The third kappa shape index (κ3) is 2.86. The van der Waals surface area contributed by atoms with E-state index in [1.165, 1.54) is 12.1 Å². The van der Waals surface area contributed by atoms with Gasteiger partial charge in [-0.25, -0.2) is 0 Å². The normalized spacial score (nSPS) is 11.8. The van der Waals surface area contributed by atoms with Gasteiger partial charge in [-0.2, -0.15) is 4.57 Å². The van der Waals surface area contributed by atoms with Crippen molar-refractivity contribution in [1.29, 1.82) is 0 Å². The predicted molar refractivity (Wildman–Crippen MR) is 94.7 cm³/mol. The van der Waals surface area contributed by atoms with E-state index in [4.69, 9.17) is 0 Å². The van der Waals surface area contributed by atoms with Crippen molar-refractivity contribution < 1.29 is 22.5 Å². The van der Waals surface area contributed by atoms with E-state index < -0.39 is 6.36 Å². The predicted octanol–water partition coefficient (Wildman–Crippen LogP) is 5.38. The molecule has 0 unspecified atom stereocenters. The first-order chi connectivity index (χ1) is 12.4. The minimum Gasteiger partial charge on any atom is -0.406 e. The lowest BCUT2D eigenvalue weighted by atomic mass is 9.96. The van der Waals surface area contributed by atoms with Gasteiger partial charge in [0.15, 0.2) is 0 Å². The topological polar surface area (TPSA) is 13.1 Å². The van der Waals surface area contributed by atoms with Crippen LogP contribution in [0.25, 0.3) is 32.9 Å². The summed E-state index contributed by atoms with van der Waals surface area (Å²) in [4.78, 5) is 0. The van der Waals surface area contributed by atoms with Gasteiger partial charge in [-0.3, -0.25) is 0 Å². The van der Waals surface area contributed by atoms with Gasteiger partial charge >= 0.3 is 6.36 Å². The van der Waals surface area contributed by atoms with Gasteiger partial charge in [0.1, 0.15) is 12.8 Å². The van der Waals surface area contributed by atoms with Gasteiger partial charge in [0, 0.05) is 17.7 Å². The molecule has 26 heavy (non-hydrogen) atoms. The molecule has 2 nitrogen and oxygen atoms in total. The van der Waals surface area contributed by atoms with E-state index in [9.17, 15) is 13.2 Å². The summed E-state index contributed by atoms with van der Waals surface area (Å²) >= 11 is 0. The third-order valence-corrected chi connectivity index (χ3v) is 4.45. The van der Waals surface area contributed by atoms with Crippen LogP contribution in [0.4, 0.5) is 13.2 Å². The fourth-order valence-electron chi connectivity index (χ4n) is 3.36. The number of nitrogens with zero attached hydrogens (tertiary/aromatic N) is 1. The number of hydrogen-bond donors (Lipinski definition) is 0. The van der Waals surface area contributed by atoms with E-state index in [0.29, 0.717) is 0 Å². The molecule has 0 aliphatic carbocycles. The van der Waals surface area contributed by atoms with Crippen LogP contribution in [0.2, 0.25) is 0 Å². The highest BCUT2D eigenvalue weighted by atomic mass is 19.4. The molecule has 3 aromatic carbocycles. The van der Waals surface area contributed by atoms with E-state index >= 15 is 0 Å². The number of pyridine rings is 1. The Morgan fingerprint density at radius 3 is 1.73 bits per heavy atom. The van der Waals surface area contributed by atoms with Crippen LogP contribution < -0.4 is 9.30 Å². The van der Waals surface area contributed by atoms with Crippen molar-refractivity contribution in [3.8, 4) is 16.9 Å². The number of hydrogen-bond acceptors (Lipinski definition) is 1. The summed E-state index contributed by atoms with van der Waals surface area (Å²) in [5, 5.41) is 2.08. The molecule has 0 N–H and O–H groups in total. The molecule has 4 rings (SSSR count). The van der Waals surface area contributed by atoms with Crippen molar-refractivity contribution in [2.75, 3.05) is 0 Å². The second-order valence-corrected chi connectivity index (χ2v) is 6.04. The van der Waals surface area contributed by atoms with Gasteiger partial charge < -0.3 is 4.74 Å². The Bertz CT molecular complexity index is 1040. The van der Waals surface area contributed by atoms with Crippen LogP contribution in [0, 0.1) is 0 Å². The lowest BCUT2D eigenvalue weighted by Crippen LogP contribution is -2.30. The van der Waals surface area contributed by atoms with Gasteiger partial charge in [0.05, 0.1) is 10.8 Å². The number of ether oxygens (including phenoxy) is 1. The molecule has 0 amide bonds. The summed E-state index contributed by atoms with van der Waals surface area (Å²) in [6.07, 6.45) is -4.69. The SMILES string of the molecule is C[n+]1c2ccccc2c(-c2ccc(OC(F)(F)F)cc2)c2ccccc21. The average Bonchev–Trinajstić information content (AvgIpc) is 2.62. The lowest BCUT2D eigenvalue weighted by Gasteiger charge is -2.12. The number of rotatable bonds is 2. The van der Waals surface area contributed by atoms with E-state index in [1.807, 2.05) is 55.6 Å². The van der Waals surface area contributed by atoms with Crippen molar-refractivity contribution in [2.24, 2.45) is 7.05 Å². The fourth-order valence-corrected chi connectivity index (χ4v) is 3.36. The summed E-state index contributed by atoms with van der Waals surface area (Å²) in [7, 11) is 2.01. The number of benzene rings is 3. The van der Waals surface area contributed by atoms with Crippen molar-refractivity contribution in [2.45, 2.75) is 6.36 Å². The molecule has 5 heteroatoms. The van der Waals surface area contributed by atoms with Crippen molar-refractivity contribution in [3.05, 3.63) is 72.8 Å². The van der Waals surface area contributed by atoms with Crippen molar-refractivity contribution in [1.82, 2.24) is 0 Å². The molecule has 0 bridgehead atoms. The first kappa shape index (κ1) is 16.4. The molecule has 0 aliphatic rings. The van der Waals surface area contributed by atoms with Gasteiger partial charge in [0.25, 0.3) is 0 Å². The molecule has 0 radical (unpaired) electrons. The molecule has 0 saturated carbocycles. The standard InChI is InChI=1S/C21H15F3NO/c1-25-18-8-4-2-6-16(18)20(17-7-3-5-9-19(17)25)14-10-12-15(13-11-14)26-21(22,23)24/h2-13H,1H3/q+1. The Hall–Kier alpha value is -3.08. The maximum Gasteiger partial charge on any atom is 0.573 e. The smallest absolute Gasteiger partial charge is 0.406 e. The molecule has 0 fully saturated rings. The molecular formula is C21H15F3NO+. The second kappa shape index (κ2) is 6.02. The Labute approximate surface area is 148 Å². The van der Waals surface area contributed by atoms with Crippen LogP contribution in [-0.2, 0) is 7.05 Å². The number of alkyl halides is 3. The minimum atomic E-state index is -4.69. The number of halogens is 3. The molecule has 130 valence electrons. The Balaban J connectivity index is 1.97. The molecule has 1 aromatic heterocycles. The number of aryl methyl sites for hydroxylation is 1. The first-order valence-electron chi connectivity index (χ1n) is 8.10. The molecule has 0 spiro atoms. The van der Waals surface area contributed by atoms with E-state index in [-0.39, 0.29) is 5.75 Å². The Morgan fingerprint density at radius 2 is 1.23 bits per heavy atom. The summed E-state index contributed by atoms with van der Waals surface area (Å²) < 4.78 is 43.3. The highest BCUT2D eigenvalue weighted by molar-refractivity contribution is 6.07. The maximum absolute atomic E-state index is 12.4. The summed E-state index contributed by atoms with van der Waals surface area (Å²) in [6.45, 7) is 0. The third-order valence-electron chi connectivity index (χ3n) is 4.45. The lowest BCUT2D eigenvalue weighted by molar-refractivity contribution is -0.617. The molecule has 0 atom stereocenters. The molecular weight excluding hydrogens is 339 g/mol. The van der Waals surface area contributed by atoms with Crippen LogP contribution in [-0.4, -0.2) is 6.36 Å². The number of fused-ring (bicyclic) bond motifs is 2. The van der Waals surface area contributed by atoms with Gasteiger partial charge in [-0.1, -0.05) is 36.4 Å². The summed E-state index contributed by atoms with van der Waals surface area (Å²) in [5.74, 6) is -0.226. The van der Waals surface area contributed by atoms with Gasteiger partial charge in [-0.15, -0.1) is 13.2 Å². The highest BCUT2D eigenvalue weighted by Crippen LogP contribution is 2.35. The maximum atomic E-state index is 12.4. The fraction of sp³-hybridized carbons (Fsp3) is 0.0952.